The van der Waals surface area contributed by atoms with Crippen molar-refractivity contribution in [2.24, 2.45) is 0 Å². The highest BCUT2D eigenvalue weighted by molar-refractivity contribution is 7.99. The molecule has 1 aliphatic heterocycles. The van der Waals surface area contributed by atoms with Gasteiger partial charge in [0.1, 0.15) is 10.8 Å². The van der Waals surface area contributed by atoms with Crippen LogP contribution in [0.2, 0.25) is 0 Å². The minimum atomic E-state index is 0.267. The van der Waals surface area contributed by atoms with E-state index in [4.69, 9.17) is 4.74 Å². The summed E-state index contributed by atoms with van der Waals surface area (Å²) in [5.74, 6) is 2.43. The number of nitrogens with zero attached hydrogens (tertiary/aromatic N) is 2. The summed E-state index contributed by atoms with van der Waals surface area (Å²) in [5.41, 5.74) is 2.11. The van der Waals surface area contributed by atoms with Crippen molar-refractivity contribution in [3.63, 3.8) is 0 Å². The number of hydrogen-bond acceptors (Lipinski definition) is 5. The van der Waals surface area contributed by atoms with E-state index in [9.17, 15) is 4.79 Å². The minimum Gasteiger partial charge on any atom is -0.497 e. The average molecular weight is 363 g/mol. The Kier molecular flexibility index (Phi) is 6.15. The molecule has 1 aromatic carbocycles. The number of piperidine rings is 1. The van der Waals surface area contributed by atoms with Crippen molar-refractivity contribution in [2.75, 3.05) is 26.0 Å². The van der Waals surface area contributed by atoms with E-state index in [-0.39, 0.29) is 5.91 Å². The molecule has 24 heavy (non-hydrogen) atoms. The SMILES string of the molecule is COc1cccc(-c2nc(CSCC(=O)N3CCCCC3)cs2)c1. The Hall–Kier alpha value is -1.53. The first kappa shape index (κ1) is 17.3. The highest BCUT2D eigenvalue weighted by atomic mass is 32.2. The number of aromatic nitrogens is 1. The Labute approximate surface area is 151 Å². The van der Waals surface area contributed by atoms with E-state index in [1.807, 2.05) is 29.2 Å². The first-order valence-corrected chi connectivity index (χ1v) is 10.2. The molecule has 1 amide bonds. The van der Waals surface area contributed by atoms with E-state index < -0.39 is 0 Å². The van der Waals surface area contributed by atoms with Gasteiger partial charge in [0.25, 0.3) is 0 Å². The molecule has 0 saturated carbocycles. The molecule has 3 rings (SSSR count). The van der Waals surface area contributed by atoms with Crippen molar-refractivity contribution >= 4 is 29.0 Å². The second kappa shape index (κ2) is 8.53. The summed E-state index contributed by atoms with van der Waals surface area (Å²) < 4.78 is 5.26. The smallest absolute Gasteiger partial charge is 0.232 e. The fourth-order valence-corrected chi connectivity index (χ4v) is 4.48. The van der Waals surface area contributed by atoms with Crippen molar-refractivity contribution in [3.05, 3.63) is 35.3 Å². The van der Waals surface area contributed by atoms with Crippen LogP contribution < -0.4 is 4.74 Å². The van der Waals surface area contributed by atoms with Gasteiger partial charge in [-0.25, -0.2) is 4.98 Å². The quantitative estimate of drug-likeness (QED) is 0.777. The van der Waals surface area contributed by atoms with Gasteiger partial charge in [-0.15, -0.1) is 23.1 Å². The Morgan fingerprint density at radius 3 is 2.96 bits per heavy atom. The van der Waals surface area contributed by atoms with Crippen LogP contribution >= 0.6 is 23.1 Å². The second-order valence-corrected chi connectivity index (χ2v) is 7.65. The molecule has 2 aromatic rings. The van der Waals surface area contributed by atoms with Gasteiger partial charge in [0.05, 0.1) is 18.6 Å². The summed E-state index contributed by atoms with van der Waals surface area (Å²) in [7, 11) is 1.67. The Bertz CT molecular complexity index is 681. The third-order valence-electron chi connectivity index (χ3n) is 4.05. The molecule has 1 saturated heterocycles. The molecule has 0 aliphatic carbocycles. The van der Waals surface area contributed by atoms with Gasteiger partial charge >= 0.3 is 0 Å². The van der Waals surface area contributed by atoms with Crippen molar-refractivity contribution in [3.8, 4) is 16.3 Å². The molecular formula is C18H22N2O2S2. The summed E-state index contributed by atoms with van der Waals surface area (Å²) >= 11 is 3.29. The van der Waals surface area contributed by atoms with Crippen LogP contribution in [0.4, 0.5) is 0 Å². The van der Waals surface area contributed by atoms with Gasteiger partial charge in [0.15, 0.2) is 0 Å². The zero-order valence-corrected chi connectivity index (χ0v) is 15.5. The van der Waals surface area contributed by atoms with Crippen LogP contribution in [0.1, 0.15) is 25.0 Å². The lowest BCUT2D eigenvalue weighted by Gasteiger charge is -2.26. The van der Waals surface area contributed by atoms with Gasteiger partial charge in [-0.1, -0.05) is 12.1 Å². The summed E-state index contributed by atoms with van der Waals surface area (Å²) in [6, 6.07) is 7.94. The lowest BCUT2D eigenvalue weighted by atomic mass is 10.1. The van der Waals surface area contributed by atoms with Crippen LogP contribution in [0.3, 0.4) is 0 Å². The molecule has 6 heteroatoms. The lowest BCUT2D eigenvalue weighted by molar-refractivity contribution is -0.129. The average Bonchev–Trinajstić information content (AvgIpc) is 3.11. The fourth-order valence-electron chi connectivity index (χ4n) is 2.74. The molecule has 0 spiro atoms. The number of thioether (sulfide) groups is 1. The molecule has 0 radical (unpaired) electrons. The molecule has 1 fully saturated rings. The molecule has 0 N–H and O–H groups in total. The zero-order chi connectivity index (χ0) is 16.8. The molecule has 1 aliphatic rings. The van der Waals surface area contributed by atoms with Gasteiger partial charge < -0.3 is 9.64 Å². The maximum atomic E-state index is 12.2. The van der Waals surface area contributed by atoms with Gasteiger partial charge in [-0.2, -0.15) is 0 Å². The number of hydrogen-bond donors (Lipinski definition) is 0. The molecule has 128 valence electrons. The van der Waals surface area contributed by atoms with Crippen LogP contribution in [0, 0.1) is 0 Å². The van der Waals surface area contributed by atoms with E-state index in [0.717, 1.165) is 53.7 Å². The van der Waals surface area contributed by atoms with Crippen LogP contribution in [-0.2, 0) is 10.5 Å². The van der Waals surface area contributed by atoms with Crippen molar-refractivity contribution in [1.29, 1.82) is 0 Å². The summed E-state index contributed by atoms with van der Waals surface area (Å²) in [4.78, 5) is 18.8. The Morgan fingerprint density at radius 1 is 1.33 bits per heavy atom. The molecular weight excluding hydrogens is 340 g/mol. The number of ether oxygens (including phenoxy) is 1. The van der Waals surface area contributed by atoms with E-state index in [2.05, 4.69) is 10.4 Å². The molecule has 4 nitrogen and oxygen atoms in total. The number of amides is 1. The van der Waals surface area contributed by atoms with E-state index in [1.165, 1.54) is 6.42 Å². The monoisotopic (exact) mass is 362 g/mol. The first-order chi connectivity index (χ1) is 11.8. The van der Waals surface area contributed by atoms with Crippen molar-refractivity contribution in [1.82, 2.24) is 9.88 Å². The predicted molar refractivity (Wildman–Crippen MR) is 101 cm³/mol. The normalized spacial score (nSPS) is 14.6. The van der Waals surface area contributed by atoms with Gasteiger partial charge in [0, 0.05) is 29.8 Å². The number of rotatable bonds is 6. The van der Waals surface area contributed by atoms with Crippen molar-refractivity contribution < 1.29 is 9.53 Å². The molecule has 0 atom stereocenters. The third kappa shape index (κ3) is 4.51. The maximum Gasteiger partial charge on any atom is 0.232 e. The summed E-state index contributed by atoms with van der Waals surface area (Å²) in [6.07, 6.45) is 3.54. The van der Waals surface area contributed by atoms with E-state index in [0.29, 0.717) is 5.75 Å². The number of carbonyl (C=O) groups excluding carboxylic acids is 1. The van der Waals surface area contributed by atoms with Crippen LogP contribution in [0.5, 0.6) is 5.75 Å². The number of likely N-dealkylation sites (tertiary alicyclic amines) is 1. The summed E-state index contributed by atoms with van der Waals surface area (Å²) in [6.45, 7) is 1.85. The molecule has 0 unspecified atom stereocenters. The van der Waals surface area contributed by atoms with Crippen LogP contribution in [0.25, 0.3) is 10.6 Å². The van der Waals surface area contributed by atoms with Gasteiger partial charge in [0.2, 0.25) is 5.91 Å². The highest BCUT2D eigenvalue weighted by Crippen LogP contribution is 2.28. The second-order valence-electron chi connectivity index (χ2n) is 5.81. The Morgan fingerprint density at radius 2 is 2.17 bits per heavy atom. The summed E-state index contributed by atoms with van der Waals surface area (Å²) in [5, 5.41) is 3.07. The maximum absolute atomic E-state index is 12.2. The predicted octanol–water partition coefficient (Wildman–Crippen LogP) is 4.06. The standard InChI is InChI=1S/C18H22N2O2S2/c1-22-16-7-5-6-14(10-16)18-19-15(12-24-18)11-23-13-17(21)20-8-3-2-4-9-20/h5-7,10,12H,2-4,8-9,11,13H2,1H3. The topological polar surface area (TPSA) is 42.4 Å². The number of benzene rings is 1. The fraction of sp³-hybridized carbons (Fsp3) is 0.444. The van der Waals surface area contributed by atoms with Crippen LogP contribution in [0.15, 0.2) is 29.6 Å². The highest BCUT2D eigenvalue weighted by Gasteiger charge is 2.16. The molecule has 2 heterocycles. The van der Waals surface area contributed by atoms with E-state index >= 15 is 0 Å². The first-order valence-electron chi connectivity index (χ1n) is 8.20. The van der Waals surface area contributed by atoms with Gasteiger partial charge in [-0.3, -0.25) is 4.79 Å². The third-order valence-corrected chi connectivity index (χ3v) is 5.94. The molecule has 0 bridgehead atoms. The zero-order valence-electron chi connectivity index (χ0n) is 13.9. The lowest BCUT2D eigenvalue weighted by Crippen LogP contribution is -2.36. The Balaban J connectivity index is 1.51. The minimum absolute atomic E-state index is 0.267. The number of thiazole rings is 1. The number of carbonyl (C=O) groups is 1. The number of methoxy groups -OCH3 is 1. The van der Waals surface area contributed by atoms with Gasteiger partial charge in [-0.05, 0) is 31.4 Å². The van der Waals surface area contributed by atoms with E-state index in [1.54, 1.807) is 30.2 Å². The van der Waals surface area contributed by atoms with Crippen molar-refractivity contribution in [2.45, 2.75) is 25.0 Å². The van der Waals surface area contributed by atoms with Crippen LogP contribution in [-0.4, -0.2) is 41.7 Å². The largest absolute Gasteiger partial charge is 0.497 e. The molecule has 1 aromatic heterocycles.